The van der Waals surface area contributed by atoms with Crippen LogP contribution in [0.5, 0.6) is 0 Å². The molecule has 0 fully saturated rings. The van der Waals surface area contributed by atoms with Crippen LogP contribution in [-0.4, -0.2) is 25.5 Å². The summed E-state index contributed by atoms with van der Waals surface area (Å²) < 4.78 is 3.00. The molecule has 4 aromatic rings. The zero-order valence-electron chi connectivity index (χ0n) is 18.2. The van der Waals surface area contributed by atoms with Crippen molar-refractivity contribution < 1.29 is 4.79 Å². The molecular formula is C24H24ClN5O2. The second kappa shape index (κ2) is 8.96. The van der Waals surface area contributed by atoms with Crippen LogP contribution in [0.2, 0.25) is 5.02 Å². The molecule has 0 saturated heterocycles. The Kier molecular flexibility index (Phi) is 6.10. The van der Waals surface area contributed by atoms with Gasteiger partial charge in [0, 0.05) is 11.6 Å². The first-order valence-electron chi connectivity index (χ1n) is 10.5. The SMILES string of the molecule is CCC(C(=O)NCc1cccc(Cl)c1)n1nc(C)c2c(C)n(-c3ccccc3)nc2c1=O. The van der Waals surface area contributed by atoms with Crippen molar-refractivity contribution in [2.45, 2.75) is 39.8 Å². The molecule has 0 aliphatic carbocycles. The molecule has 1 amide bonds. The number of halogens is 1. The van der Waals surface area contributed by atoms with Crippen LogP contribution in [-0.2, 0) is 11.3 Å². The molecule has 2 aromatic carbocycles. The largest absolute Gasteiger partial charge is 0.350 e. The van der Waals surface area contributed by atoms with Gasteiger partial charge < -0.3 is 5.32 Å². The minimum absolute atomic E-state index is 0.278. The zero-order chi connectivity index (χ0) is 22.8. The first kappa shape index (κ1) is 21.8. The van der Waals surface area contributed by atoms with Gasteiger partial charge in [-0.2, -0.15) is 10.2 Å². The average molecular weight is 450 g/mol. The summed E-state index contributed by atoms with van der Waals surface area (Å²) in [6, 6.07) is 16.2. The Morgan fingerprint density at radius 3 is 2.53 bits per heavy atom. The van der Waals surface area contributed by atoms with E-state index in [1.165, 1.54) is 4.68 Å². The van der Waals surface area contributed by atoms with Crippen molar-refractivity contribution in [2.75, 3.05) is 0 Å². The Morgan fingerprint density at radius 2 is 1.84 bits per heavy atom. The number of hydrogen-bond donors (Lipinski definition) is 1. The van der Waals surface area contributed by atoms with E-state index in [4.69, 9.17) is 11.6 Å². The number of hydrogen-bond acceptors (Lipinski definition) is 4. The van der Waals surface area contributed by atoms with Crippen molar-refractivity contribution in [2.24, 2.45) is 0 Å². The Balaban J connectivity index is 1.70. The first-order valence-corrected chi connectivity index (χ1v) is 10.8. The zero-order valence-corrected chi connectivity index (χ0v) is 18.9. The van der Waals surface area contributed by atoms with Crippen LogP contribution in [0.25, 0.3) is 16.6 Å². The lowest BCUT2D eigenvalue weighted by Crippen LogP contribution is -2.38. The molecular weight excluding hydrogens is 426 g/mol. The monoisotopic (exact) mass is 449 g/mol. The molecule has 32 heavy (non-hydrogen) atoms. The second-order valence-corrected chi connectivity index (χ2v) is 8.10. The van der Waals surface area contributed by atoms with E-state index in [0.29, 0.717) is 34.6 Å². The molecule has 2 heterocycles. The van der Waals surface area contributed by atoms with Gasteiger partial charge >= 0.3 is 0 Å². The molecule has 2 aromatic heterocycles. The highest BCUT2D eigenvalue weighted by Crippen LogP contribution is 2.22. The fourth-order valence-corrected chi connectivity index (χ4v) is 4.12. The molecule has 1 atom stereocenters. The van der Waals surface area contributed by atoms with Crippen molar-refractivity contribution in [3.8, 4) is 5.69 Å². The smallest absolute Gasteiger partial charge is 0.295 e. The fourth-order valence-electron chi connectivity index (χ4n) is 3.91. The van der Waals surface area contributed by atoms with Crippen LogP contribution < -0.4 is 10.9 Å². The summed E-state index contributed by atoms with van der Waals surface area (Å²) in [5.41, 5.74) is 3.15. The predicted molar refractivity (Wildman–Crippen MR) is 125 cm³/mol. The Bertz CT molecular complexity index is 1340. The number of nitrogens with one attached hydrogen (secondary N) is 1. The number of aryl methyl sites for hydroxylation is 2. The maximum Gasteiger partial charge on any atom is 0.295 e. The van der Waals surface area contributed by atoms with E-state index in [1.807, 2.05) is 63.2 Å². The van der Waals surface area contributed by atoms with Crippen LogP contribution in [0, 0.1) is 13.8 Å². The summed E-state index contributed by atoms with van der Waals surface area (Å²) in [4.78, 5) is 26.3. The van der Waals surface area contributed by atoms with Gasteiger partial charge in [-0.15, -0.1) is 0 Å². The van der Waals surface area contributed by atoms with Gasteiger partial charge in [-0.3, -0.25) is 9.59 Å². The van der Waals surface area contributed by atoms with E-state index in [2.05, 4.69) is 15.5 Å². The summed E-state index contributed by atoms with van der Waals surface area (Å²) in [6.07, 6.45) is 0.414. The lowest BCUT2D eigenvalue weighted by atomic mass is 10.1. The third-order valence-corrected chi connectivity index (χ3v) is 5.72. The number of nitrogens with zero attached hydrogens (tertiary/aromatic N) is 4. The molecule has 164 valence electrons. The highest BCUT2D eigenvalue weighted by molar-refractivity contribution is 6.30. The van der Waals surface area contributed by atoms with E-state index in [1.54, 1.807) is 16.8 Å². The van der Waals surface area contributed by atoms with E-state index in [9.17, 15) is 9.59 Å². The second-order valence-electron chi connectivity index (χ2n) is 7.66. The molecule has 0 aliphatic heterocycles. The minimum Gasteiger partial charge on any atom is -0.350 e. The summed E-state index contributed by atoms with van der Waals surface area (Å²) in [5, 5.41) is 13.3. The number of rotatable bonds is 6. The molecule has 1 N–H and O–H groups in total. The maximum atomic E-state index is 13.3. The predicted octanol–water partition coefficient (Wildman–Crippen LogP) is 4.12. The van der Waals surface area contributed by atoms with Crippen LogP contribution in [0.3, 0.4) is 0 Å². The van der Waals surface area contributed by atoms with Crippen LogP contribution in [0.1, 0.15) is 36.3 Å². The van der Waals surface area contributed by atoms with Gasteiger partial charge in [0.15, 0.2) is 5.52 Å². The standard InChI is InChI=1S/C24H24ClN5O2/c1-4-20(23(31)26-14-17-9-8-10-18(25)13-17)30-24(32)22-21(15(2)27-30)16(3)29(28-22)19-11-6-5-7-12-19/h5-13,20H,4,14H2,1-3H3,(H,26,31). The molecule has 4 rings (SSSR count). The van der Waals surface area contributed by atoms with E-state index < -0.39 is 6.04 Å². The number of amides is 1. The highest BCUT2D eigenvalue weighted by Gasteiger charge is 2.25. The van der Waals surface area contributed by atoms with Crippen molar-refractivity contribution in [1.82, 2.24) is 24.9 Å². The van der Waals surface area contributed by atoms with Gasteiger partial charge in [-0.05, 0) is 50.1 Å². The van der Waals surface area contributed by atoms with Gasteiger partial charge in [0.1, 0.15) is 6.04 Å². The minimum atomic E-state index is -0.744. The van der Waals surface area contributed by atoms with Crippen LogP contribution in [0.4, 0.5) is 0 Å². The number of carbonyl (C=O) groups excluding carboxylic acids is 1. The normalized spacial score (nSPS) is 12.1. The van der Waals surface area contributed by atoms with Crippen LogP contribution >= 0.6 is 11.6 Å². The Morgan fingerprint density at radius 1 is 1.09 bits per heavy atom. The summed E-state index contributed by atoms with van der Waals surface area (Å²) in [5.74, 6) is -0.278. The Labute approximate surface area is 190 Å². The van der Waals surface area contributed by atoms with Gasteiger partial charge in [-0.1, -0.05) is 48.9 Å². The molecule has 0 saturated carbocycles. The van der Waals surface area contributed by atoms with Crippen molar-refractivity contribution in [3.63, 3.8) is 0 Å². The van der Waals surface area contributed by atoms with E-state index in [-0.39, 0.29) is 11.5 Å². The van der Waals surface area contributed by atoms with Gasteiger partial charge in [0.2, 0.25) is 5.91 Å². The number of carbonyl (C=O) groups is 1. The Hall–Kier alpha value is -3.45. The maximum absolute atomic E-state index is 13.3. The summed E-state index contributed by atoms with van der Waals surface area (Å²) in [6.45, 7) is 5.91. The fraction of sp³-hybridized carbons (Fsp3) is 0.250. The number of aromatic nitrogens is 4. The topological polar surface area (TPSA) is 81.8 Å². The lowest BCUT2D eigenvalue weighted by Gasteiger charge is -2.17. The molecule has 7 nitrogen and oxygen atoms in total. The summed E-state index contributed by atoms with van der Waals surface area (Å²) >= 11 is 6.02. The van der Waals surface area contributed by atoms with Crippen LogP contribution in [0.15, 0.2) is 59.4 Å². The molecule has 1 unspecified atom stereocenters. The van der Waals surface area contributed by atoms with Crippen molar-refractivity contribution >= 4 is 28.4 Å². The number of fused-ring (bicyclic) bond motifs is 1. The lowest BCUT2D eigenvalue weighted by molar-refractivity contribution is -0.125. The van der Waals surface area contributed by atoms with Crippen molar-refractivity contribution in [1.29, 1.82) is 0 Å². The molecule has 0 spiro atoms. The van der Waals surface area contributed by atoms with Gasteiger partial charge in [0.05, 0.1) is 22.5 Å². The number of benzene rings is 2. The van der Waals surface area contributed by atoms with Crippen molar-refractivity contribution in [3.05, 3.63) is 86.9 Å². The van der Waals surface area contributed by atoms with E-state index in [0.717, 1.165) is 16.9 Å². The third kappa shape index (κ3) is 4.03. The molecule has 8 heteroatoms. The highest BCUT2D eigenvalue weighted by atomic mass is 35.5. The third-order valence-electron chi connectivity index (χ3n) is 5.49. The molecule has 0 bridgehead atoms. The van der Waals surface area contributed by atoms with Gasteiger partial charge in [0.25, 0.3) is 5.56 Å². The summed E-state index contributed by atoms with van der Waals surface area (Å²) in [7, 11) is 0. The van der Waals surface area contributed by atoms with Gasteiger partial charge in [-0.25, -0.2) is 9.36 Å². The molecule has 0 radical (unpaired) electrons. The number of para-hydroxylation sites is 1. The quantitative estimate of drug-likeness (QED) is 0.480. The average Bonchev–Trinajstić information content (AvgIpc) is 3.15. The molecule has 0 aliphatic rings. The van der Waals surface area contributed by atoms with E-state index >= 15 is 0 Å². The first-order chi connectivity index (χ1) is 15.4.